The average molecular weight is 420 g/mol. The van der Waals surface area contributed by atoms with E-state index in [1.165, 1.54) is 11.3 Å². The molecule has 0 fully saturated rings. The Morgan fingerprint density at radius 1 is 0.862 bits per heavy atom. The quantitative estimate of drug-likeness (QED) is 0.437. The van der Waals surface area contributed by atoms with Crippen molar-refractivity contribution in [3.05, 3.63) is 78.9 Å². The molecule has 1 heterocycles. The molecule has 1 aromatic heterocycles. The lowest BCUT2D eigenvalue weighted by atomic mass is 10.1. The number of fused-ring (bicyclic) bond motifs is 4. The van der Waals surface area contributed by atoms with Gasteiger partial charge in [-0.25, -0.2) is 4.57 Å². The van der Waals surface area contributed by atoms with E-state index in [1.54, 1.807) is 0 Å². The number of nitrogen functional groups attached to an aromatic ring is 1. The molecule has 0 bridgehead atoms. The first-order valence-corrected chi connectivity index (χ1v) is 9.89. The molecule has 4 nitrogen and oxygen atoms in total. The molecule has 0 saturated carbocycles. The molecule has 6 heteroatoms. The molecule has 0 atom stereocenters. The summed E-state index contributed by atoms with van der Waals surface area (Å²) in [5, 5.41) is 8.04. The van der Waals surface area contributed by atoms with Crippen LogP contribution < -0.4 is 28.0 Å². The fourth-order valence-electron chi connectivity index (χ4n) is 3.70. The molecule has 0 aliphatic carbocycles. The maximum absolute atomic E-state index is 12.9. The van der Waals surface area contributed by atoms with Crippen LogP contribution in [0.15, 0.2) is 78.9 Å². The normalized spacial score (nSPS) is 10.9. The molecule has 0 saturated heterocycles. The Morgan fingerprint density at radius 3 is 2.31 bits per heavy atom. The number of anilines is 2. The van der Waals surface area contributed by atoms with Crippen molar-refractivity contribution < 1.29 is 21.8 Å². The van der Waals surface area contributed by atoms with Gasteiger partial charge in [-0.15, -0.1) is 0 Å². The van der Waals surface area contributed by atoms with Gasteiger partial charge in [0.2, 0.25) is 0 Å². The van der Waals surface area contributed by atoms with E-state index >= 15 is 0 Å². The number of thiazole rings is 1. The zero-order valence-electron chi connectivity index (χ0n) is 15.4. The highest BCUT2D eigenvalue weighted by Gasteiger charge is 2.20. The van der Waals surface area contributed by atoms with Gasteiger partial charge in [0.25, 0.3) is 5.91 Å². The van der Waals surface area contributed by atoms with Gasteiger partial charge < -0.3 is 17.7 Å². The summed E-state index contributed by atoms with van der Waals surface area (Å²) in [7, 11) is 0. The van der Waals surface area contributed by atoms with Gasteiger partial charge in [-0.1, -0.05) is 66.7 Å². The van der Waals surface area contributed by atoms with Gasteiger partial charge in [0.15, 0.2) is 12.1 Å². The first-order chi connectivity index (χ1) is 13.7. The minimum absolute atomic E-state index is 0. The first-order valence-electron chi connectivity index (χ1n) is 9.08. The minimum Gasteiger partial charge on any atom is -1.00 e. The number of nitrogens with two attached hydrogens (primary N) is 1. The van der Waals surface area contributed by atoms with Gasteiger partial charge in [-0.3, -0.25) is 10.5 Å². The second-order valence-corrected chi connectivity index (χ2v) is 7.80. The molecule has 0 aliphatic heterocycles. The molecule has 4 aromatic carbocycles. The second-order valence-electron chi connectivity index (χ2n) is 6.73. The van der Waals surface area contributed by atoms with E-state index in [0.29, 0.717) is 5.13 Å². The van der Waals surface area contributed by atoms with Crippen LogP contribution in [0.2, 0.25) is 0 Å². The Hall–Kier alpha value is -3.15. The van der Waals surface area contributed by atoms with Crippen LogP contribution in [0.5, 0.6) is 0 Å². The fourth-order valence-corrected chi connectivity index (χ4v) is 4.64. The van der Waals surface area contributed by atoms with E-state index in [9.17, 15) is 4.79 Å². The molecular weight excluding hydrogens is 402 g/mol. The number of rotatable bonds is 3. The van der Waals surface area contributed by atoms with Gasteiger partial charge in [0.05, 0.1) is 4.70 Å². The standard InChI is InChI=1S/C23H17N3OS.ClH/c24-23-26(22-18-10-4-2-7-16(18)12-13-20(22)28-23)14-21(27)25-19-11-5-8-15-6-1-3-9-17(15)19;/h1-13,24H,14H2,(H,25,27);1H. The van der Waals surface area contributed by atoms with E-state index in [-0.39, 0.29) is 24.9 Å². The van der Waals surface area contributed by atoms with E-state index in [1.807, 2.05) is 59.2 Å². The summed E-state index contributed by atoms with van der Waals surface area (Å²) < 4.78 is 2.98. The van der Waals surface area contributed by atoms with Gasteiger partial charge in [0, 0.05) is 16.5 Å². The van der Waals surface area contributed by atoms with Crippen molar-refractivity contribution in [1.82, 2.24) is 0 Å². The van der Waals surface area contributed by atoms with Crippen LogP contribution in [0.3, 0.4) is 0 Å². The largest absolute Gasteiger partial charge is 1.00 e. The number of carbonyl (C=O) groups is 1. The molecule has 0 radical (unpaired) electrons. The summed E-state index contributed by atoms with van der Waals surface area (Å²) >= 11 is 1.51. The van der Waals surface area contributed by atoms with Crippen molar-refractivity contribution in [3.63, 3.8) is 0 Å². The Kier molecular flexibility index (Phi) is 5.09. The van der Waals surface area contributed by atoms with Crippen molar-refractivity contribution in [2.75, 3.05) is 11.1 Å². The lowest BCUT2D eigenvalue weighted by Crippen LogP contribution is -3.00. The van der Waals surface area contributed by atoms with Crippen LogP contribution in [-0.4, -0.2) is 5.91 Å². The summed E-state index contributed by atoms with van der Waals surface area (Å²) in [6.07, 6.45) is 0. The highest BCUT2D eigenvalue weighted by molar-refractivity contribution is 7.21. The van der Waals surface area contributed by atoms with Crippen LogP contribution in [-0.2, 0) is 11.3 Å². The fraction of sp³-hybridized carbons (Fsp3) is 0.0435. The lowest BCUT2D eigenvalue weighted by Gasteiger charge is -2.08. The highest BCUT2D eigenvalue weighted by Crippen LogP contribution is 2.29. The van der Waals surface area contributed by atoms with Crippen LogP contribution in [0, 0.1) is 0 Å². The minimum atomic E-state index is -0.0966. The predicted molar refractivity (Wildman–Crippen MR) is 117 cm³/mol. The maximum Gasteiger partial charge on any atom is 0.333 e. The molecule has 0 spiro atoms. The van der Waals surface area contributed by atoms with E-state index in [0.717, 1.165) is 37.4 Å². The van der Waals surface area contributed by atoms with Gasteiger partial charge in [-0.05, 0) is 34.2 Å². The number of halogens is 1. The second kappa shape index (κ2) is 7.70. The summed E-state index contributed by atoms with van der Waals surface area (Å²) in [4.78, 5) is 12.9. The van der Waals surface area contributed by atoms with E-state index in [2.05, 4.69) is 29.6 Å². The molecule has 144 valence electrons. The molecule has 0 aliphatic rings. The summed E-state index contributed by atoms with van der Waals surface area (Å²) in [5.41, 5.74) is 8.10. The maximum atomic E-state index is 12.9. The third-order valence-electron chi connectivity index (χ3n) is 4.98. The van der Waals surface area contributed by atoms with Crippen LogP contribution >= 0.6 is 11.3 Å². The molecular formula is C23H18ClN3OS. The lowest BCUT2D eigenvalue weighted by molar-refractivity contribution is -0.638. The Labute approximate surface area is 178 Å². The zero-order chi connectivity index (χ0) is 19.1. The van der Waals surface area contributed by atoms with Crippen molar-refractivity contribution in [2.45, 2.75) is 6.54 Å². The summed E-state index contributed by atoms with van der Waals surface area (Å²) in [6.45, 7) is 0.170. The third-order valence-corrected chi connectivity index (χ3v) is 5.96. The van der Waals surface area contributed by atoms with Crippen molar-refractivity contribution in [2.24, 2.45) is 0 Å². The smallest absolute Gasteiger partial charge is 0.333 e. The average Bonchev–Trinajstić information content (AvgIpc) is 3.04. The SMILES string of the molecule is Nc1sc2ccc3ccccc3c2[n+]1CC(=O)Nc1cccc2ccccc12.[Cl-]. The Balaban J connectivity index is 0.00000205. The Morgan fingerprint density at radius 2 is 1.52 bits per heavy atom. The Bertz CT molecular complexity index is 1360. The van der Waals surface area contributed by atoms with Crippen LogP contribution in [0.25, 0.3) is 31.8 Å². The zero-order valence-corrected chi connectivity index (χ0v) is 17.0. The summed E-state index contributed by atoms with van der Waals surface area (Å²) in [5.74, 6) is -0.0966. The van der Waals surface area contributed by atoms with Crippen LogP contribution in [0.4, 0.5) is 10.8 Å². The van der Waals surface area contributed by atoms with Crippen molar-refractivity contribution in [3.8, 4) is 0 Å². The molecule has 0 unspecified atom stereocenters. The number of benzene rings is 4. The van der Waals surface area contributed by atoms with Crippen molar-refractivity contribution >= 4 is 59.8 Å². The highest BCUT2D eigenvalue weighted by atomic mass is 35.5. The molecule has 5 aromatic rings. The van der Waals surface area contributed by atoms with E-state index < -0.39 is 0 Å². The number of nitrogens with zero attached hydrogens (tertiary/aromatic N) is 1. The first kappa shape index (κ1) is 19.2. The van der Waals surface area contributed by atoms with Gasteiger partial charge >= 0.3 is 5.13 Å². The van der Waals surface area contributed by atoms with E-state index in [4.69, 9.17) is 5.73 Å². The third kappa shape index (κ3) is 3.39. The molecule has 5 rings (SSSR count). The van der Waals surface area contributed by atoms with Gasteiger partial charge in [0.1, 0.15) is 0 Å². The van der Waals surface area contributed by atoms with Crippen molar-refractivity contribution in [1.29, 1.82) is 0 Å². The predicted octanol–water partition coefficient (Wildman–Crippen LogP) is 1.72. The number of hydrogen-bond donors (Lipinski definition) is 2. The molecule has 3 N–H and O–H groups in total. The number of carbonyl (C=O) groups excluding carboxylic acids is 1. The van der Waals surface area contributed by atoms with Crippen LogP contribution in [0.1, 0.15) is 0 Å². The summed E-state index contributed by atoms with van der Waals surface area (Å²) in [6, 6.07) is 26.3. The number of nitrogens with one attached hydrogen (secondary N) is 1. The topological polar surface area (TPSA) is 59.0 Å². The van der Waals surface area contributed by atoms with Gasteiger partial charge in [-0.2, -0.15) is 0 Å². The number of hydrogen-bond acceptors (Lipinski definition) is 3. The molecule has 1 amide bonds. The monoisotopic (exact) mass is 419 g/mol. The number of amides is 1. The number of aromatic nitrogens is 1. The molecule has 29 heavy (non-hydrogen) atoms.